The van der Waals surface area contributed by atoms with Crippen molar-refractivity contribution in [2.45, 2.75) is 74.7 Å². The van der Waals surface area contributed by atoms with Crippen LogP contribution < -0.4 is 0 Å². The molecule has 4 atom stereocenters. The van der Waals surface area contributed by atoms with Crippen LogP contribution in [0.15, 0.2) is 0 Å². The fourth-order valence-electron chi connectivity index (χ4n) is 6.01. The first kappa shape index (κ1) is 23.4. The van der Waals surface area contributed by atoms with E-state index in [1.807, 2.05) is 55.4 Å². The van der Waals surface area contributed by atoms with E-state index in [0.29, 0.717) is 17.9 Å². The second-order valence-electron chi connectivity index (χ2n) is 12.1. The lowest BCUT2D eigenvalue weighted by atomic mass is 9.65. The van der Waals surface area contributed by atoms with E-state index in [4.69, 9.17) is 4.28 Å². The van der Waals surface area contributed by atoms with Crippen molar-refractivity contribution in [2.24, 2.45) is 39.4 Å². The molecule has 0 N–H and O–H groups in total. The second kappa shape index (κ2) is 6.61. The summed E-state index contributed by atoms with van der Waals surface area (Å²) in [6, 6.07) is 0. The summed E-state index contributed by atoms with van der Waals surface area (Å²) < 4.78 is 31.3. The highest BCUT2D eigenvalue weighted by Crippen LogP contribution is 2.64. The standard InChI is InChI=1S/C22H35NO6S/c1-19(2,3)15-16(20(4,5)6)18(26)23(17(15)25)29-30(27,28)12-22-10-9-13(11-14(22)24)21(22,7)8/h13,15-16H,9-12H2,1-8H3. The lowest BCUT2D eigenvalue weighted by Gasteiger charge is -2.36. The van der Waals surface area contributed by atoms with E-state index in [1.165, 1.54) is 0 Å². The molecule has 170 valence electrons. The van der Waals surface area contributed by atoms with Gasteiger partial charge in [-0.1, -0.05) is 55.4 Å². The Labute approximate surface area is 180 Å². The average molecular weight is 442 g/mol. The number of ketones is 1. The molecule has 7 nitrogen and oxygen atoms in total. The summed E-state index contributed by atoms with van der Waals surface area (Å²) in [6.45, 7) is 15.0. The largest absolute Gasteiger partial charge is 0.299 e. The zero-order valence-electron chi connectivity index (χ0n) is 19.4. The van der Waals surface area contributed by atoms with Gasteiger partial charge in [0.2, 0.25) is 0 Å². The molecule has 2 aliphatic carbocycles. The van der Waals surface area contributed by atoms with Gasteiger partial charge < -0.3 is 0 Å². The van der Waals surface area contributed by atoms with Crippen LogP contribution in [0.25, 0.3) is 0 Å². The Kier molecular flexibility index (Phi) is 5.15. The SMILES string of the molecule is CC(C)(C)C1C(=O)N(OS(=O)(=O)CC23CCC(CC2=O)C3(C)C)C(=O)C1C(C)(C)C. The van der Waals surface area contributed by atoms with Gasteiger partial charge in [0.25, 0.3) is 21.9 Å². The smallest absolute Gasteiger partial charge is 0.289 e. The first-order chi connectivity index (χ1) is 13.4. The van der Waals surface area contributed by atoms with Crippen molar-refractivity contribution in [1.29, 1.82) is 0 Å². The van der Waals surface area contributed by atoms with Crippen LogP contribution in [0.3, 0.4) is 0 Å². The van der Waals surface area contributed by atoms with E-state index in [0.717, 1.165) is 6.42 Å². The minimum absolute atomic E-state index is 0.0601. The van der Waals surface area contributed by atoms with Crippen LogP contribution in [0, 0.1) is 39.4 Å². The maximum atomic E-state index is 13.1. The van der Waals surface area contributed by atoms with E-state index < -0.39 is 61.2 Å². The van der Waals surface area contributed by atoms with Gasteiger partial charge in [-0.05, 0) is 35.0 Å². The number of amides is 2. The average Bonchev–Trinajstić information content (AvgIpc) is 3.00. The zero-order valence-corrected chi connectivity index (χ0v) is 20.2. The number of nitrogens with zero attached hydrogens (tertiary/aromatic N) is 1. The molecule has 0 aromatic heterocycles. The van der Waals surface area contributed by atoms with E-state index in [-0.39, 0.29) is 11.7 Å². The number of hydroxylamine groups is 2. The van der Waals surface area contributed by atoms with Crippen molar-refractivity contribution >= 4 is 27.7 Å². The topological polar surface area (TPSA) is 97.8 Å². The third-order valence-electron chi connectivity index (χ3n) is 7.88. The highest BCUT2D eigenvalue weighted by atomic mass is 32.2. The quantitative estimate of drug-likeness (QED) is 0.621. The van der Waals surface area contributed by atoms with Crippen LogP contribution >= 0.6 is 0 Å². The molecule has 2 saturated carbocycles. The summed E-state index contributed by atoms with van der Waals surface area (Å²) in [5, 5.41) is 0.455. The lowest BCUT2D eigenvalue weighted by Crippen LogP contribution is -2.45. The number of fused-ring (bicyclic) bond motifs is 2. The Bertz CT molecular complexity index is 860. The second-order valence-corrected chi connectivity index (χ2v) is 13.7. The molecule has 0 aromatic rings. The number of Topliss-reactive ketones (excluding diaryl/α,β-unsaturated/α-hetero) is 1. The van der Waals surface area contributed by atoms with Crippen molar-refractivity contribution in [2.75, 3.05) is 5.75 Å². The van der Waals surface area contributed by atoms with Crippen molar-refractivity contribution in [3.05, 3.63) is 0 Å². The van der Waals surface area contributed by atoms with E-state index in [9.17, 15) is 22.8 Å². The van der Waals surface area contributed by atoms with Crippen molar-refractivity contribution in [1.82, 2.24) is 5.06 Å². The summed E-state index contributed by atoms with van der Waals surface area (Å²) in [5.41, 5.74) is -2.57. The van der Waals surface area contributed by atoms with E-state index in [1.54, 1.807) is 0 Å². The third-order valence-corrected chi connectivity index (χ3v) is 9.10. The Balaban J connectivity index is 1.91. The maximum Gasteiger partial charge on any atom is 0.289 e. The zero-order chi connectivity index (χ0) is 23.1. The van der Waals surface area contributed by atoms with Gasteiger partial charge in [-0.2, -0.15) is 8.42 Å². The summed E-state index contributed by atoms with van der Waals surface area (Å²) in [4.78, 5) is 39.0. The molecular formula is C22H35NO6S. The minimum atomic E-state index is -4.34. The molecule has 2 bridgehead atoms. The fraction of sp³-hybridized carbons (Fsp3) is 0.864. The van der Waals surface area contributed by atoms with Gasteiger partial charge in [0.05, 0.1) is 23.0 Å². The van der Waals surface area contributed by atoms with Gasteiger partial charge in [-0.25, -0.2) is 0 Å². The summed E-state index contributed by atoms with van der Waals surface area (Å²) >= 11 is 0. The molecular weight excluding hydrogens is 406 g/mol. The molecule has 0 spiro atoms. The Morgan fingerprint density at radius 3 is 1.77 bits per heavy atom. The molecule has 1 aliphatic heterocycles. The predicted octanol–water partition coefficient (Wildman–Crippen LogP) is 3.34. The number of carbonyl (C=O) groups excluding carboxylic acids is 3. The Morgan fingerprint density at radius 1 is 0.967 bits per heavy atom. The molecule has 30 heavy (non-hydrogen) atoms. The monoisotopic (exact) mass is 441 g/mol. The van der Waals surface area contributed by atoms with E-state index >= 15 is 0 Å². The molecule has 1 heterocycles. The van der Waals surface area contributed by atoms with Crippen molar-refractivity contribution < 1.29 is 27.1 Å². The van der Waals surface area contributed by atoms with Crippen LogP contribution in [-0.2, 0) is 28.8 Å². The van der Waals surface area contributed by atoms with Gasteiger partial charge >= 0.3 is 0 Å². The van der Waals surface area contributed by atoms with Crippen LogP contribution in [0.2, 0.25) is 0 Å². The number of rotatable bonds is 4. The van der Waals surface area contributed by atoms with Gasteiger partial charge in [-0.15, -0.1) is 9.35 Å². The molecule has 3 aliphatic rings. The van der Waals surface area contributed by atoms with Gasteiger partial charge in [0.1, 0.15) is 5.78 Å². The predicted molar refractivity (Wildman–Crippen MR) is 111 cm³/mol. The first-order valence-electron chi connectivity index (χ1n) is 10.7. The minimum Gasteiger partial charge on any atom is -0.299 e. The normalized spacial score (nSPS) is 34.3. The van der Waals surface area contributed by atoms with Gasteiger partial charge in [0.15, 0.2) is 0 Å². The van der Waals surface area contributed by atoms with Gasteiger partial charge in [0, 0.05) is 6.42 Å². The lowest BCUT2D eigenvalue weighted by molar-refractivity contribution is -0.166. The highest BCUT2D eigenvalue weighted by Gasteiger charge is 2.66. The summed E-state index contributed by atoms with van der Waals surface area (Å²) in [7, 11) is -4.34. The molecule has 8 heteroatoms. The molecule has 4 unspecified atom stereocenters. The van der Waals surface area contributed by atoms with Crippen LogP contribution in [0.1, 0.15) is 74.7 Å². The number of hydrogen-bond donors (Lipinski definition) is 0. The van der Waals surface area contributed by atoms with Crippen molar-refractivity contribution in [3.8, 4) is 0 Å². The molecule has 1 saturated heterocycles. The molecule has 3 fully saturated rings. The number of carbonyl (C=O) groups is 3. The summed E-state index contributed by atoms with van der Waals surface area (Å²) in [5.74, 6) is -3.05. The molecule has 0 radical (unpaired) electrons. The first-order valence-corrected chi connectivity index (χ1v) is 12.3. The number of imide groups is 1. The van der Waals surface area contributed by atoms with Crippen molar-refractivity contribution in [3.63, 3.8) is 0 Å². The molecule has 2 amide bonds. The third kappa shape index (κ3) is 3.34. The Morgan fingerprint density at radius 2 is 1.43 bits per heavy atom. The summed E-state index contributed by atoms with van der Waals surface area (Å²) in [6.07, 6.45) is 1.67. The fourth-order valence-corrected chi connectivity index (χ4v) is 7.72. The molecule has 0 aromatic carbocycles. The van der Waals surface area contributed by atoms with Crippen LogP contribution in [0.4, 0.5) is 0 Å². The van der Waals surface area contributed by atoms with Gasteiger partial charge in [-0.3, -0.25) is 14.4 Å². The van der Waals surface area contributed by atoms with Crippen LogP contribution in [-0.4, -0.2) is 36.8 Å². The van der Waals surface area contributed by atoms with Crippen LogP contribution in [0.5, 0.6) is 0 Å². The Hall–Kier alpha value is -1.28. The molecule has 3 rings (SSSR count). The number of hydrogen-bond acceptors (Lipinski definition) is 6. The maximum absolute atomic E-state index is 13.1. The highest BCUT2D eigenvalue weighted by molar-refractivity contribution is 7.86. The van der Waals surface area contributed by atoms with E-state index in [2.05, 4.69) is 0 Å².